The molecule has 3 N–H and O–H groups in total. The highest BCUT2D eigenvalue weighted by atomic mass is 127. The number of para-hydroxylation sites is 1. The number of allylic oxidation sites excluding steroid dienone is 1. The number of hydrazone groups is 1. The molecule has 0 radical (unpaired) electrons. The third-order valence-electron chi connectivity index (χ3n) is 6.08. The lowest BCUT2D eigenvalue weighted by Gasteiger charge is -2.30. The molecule has 0 saturated carbocycles. The zero-order chi connectivity index (χ0) is 30.9. The van der Waals surface area contributed by atoms with Crippen molar-refractivity contribution in [3.8, 4) is 11.5 Å². The van der Waals surface area contributed by atoms with Crippen LogP contribution in [0.2, 0.25) is 0 Å². The van der Waals surface area contributed by atoms with Crippen LogP contribution in [0.25, 0.3) is 0 Å². The first-order chi connectivity index (χ1) is 20.7. The van der Waals surface area contributed by atoms with E-state index in [1.807, 2.05) is 42.5 Å². The molecule has 0 unspecified atom stereocenters. The second-order valence-corrected chi connectivity index (χ2v) is 12.5. The van der Waals surface area contributed by atoms with E-state index in [0.717, 1.165) is 18.1 Å². The van der Waals surface area contributed by atoms with E-state index in [4.69, 9.17) is 26.4 Å². The monoisotopic (exact) mass is 840 g/mol. The first-order valence-electron chi connectivity index (χ1n) is 13.0. The molecule has 9 nitrogen and oxygen atoms in total. The van der Waals surface area contributed by atoms with Crippen LogP contribution < -0.4 is 25.5 Å². The number of hydrogen-bond donors (Lipinski definition) is 3. The average molecular weight is 842 g/mol. The Balaban J connectivity index is 1.43. The maximum atomic E-state index is 12.8. The molecule has 3 aromatic rings. The van der Waals surface area contributed by atoms with E-state index in [1.54, 1.807) is 32.0 Å². The van der Waals surface area contributed by atoms with Crippen LogP contribution in [0.15, 0.2) is 86.0 Å². The van der Waals surface area contributed by atoms with Gasteiger partial charge in [-0.05, 0) is 84.6 Å². The summed E-state index contributed by atoms with van der Waals surface area (Å²) in [6, 6.07) is 18.1. The van der Waals surface area contributed by atoms with E-state index >= 15 is 0 Å². The van der Waals surface area contributed by atoms with Gasteiger partial charge in [-0.15, -0.1) is 0 Å². The molecule has 1 atom stereocenters. The van der Waals surface area contributed by atoms with Crippen LogP contribution >= 0.6 is 66.7 Å². The fraction of sp³-hybridized carbons (Fsp3) is 0.200. The Hall–Kier alpha value is -3.01. The molecule has 0 aliphatic carbocycles. The summed E-state index contributed by atoms with van der Waals surface area (Å²) in [6.45, 7) is 3.78. The van der Waals surface area contributed by atoms with Crippen molar-refractivity contribution in [1.29, 1.82) is 0 Å². The number of thiocarbonyl (C=S) groups is 1. The minimum Gasteiger partial charge on any atom is -0.487 e. The van der Waals surface area contributed by atoms with Crippen molar-refractivity contribution in [2.24, 2.45) is 5.10 Å². The van der Waals surface area contributed by atoms with Crippen LogP contribution in [0, 0.1) is 3.57 Å². The topological polar surface area (TPSA) is 110 Å². The fourth-order valence-corrected chi connectivity index (χ4v) is 6.41. The number of halogens is 3. The first-order valence-corrected chi connectivity index (χ1v) is 16.1. The van der Waals surface area contributed by atoms with Gasteiger partial charge in [0.15, 0.2) is 11.7 Å². The number of nitrogens with one attached hydrogen (secondary N) is 3. The van der Waals surface area contributed by atoms with Gasteiger partial charge in [0.1, 0.15) is 18.1 Å². The third kappa shape index (κ3) is 9.00. The summed E-state index contributed by atoms with van der Waals surface area (Å²) in [5, 5.41) is 10.6. The SMILES string of the molecule is CCOC(=O)C1=C(C)NC(=S)N[C@H]1c1ccccc1OCC(=O)NN=Cc1cc(Br)cc(I)c1OCc1ccc(Br)cc1. The number of nitrogens with zero attached hydrogens (tertiary/aromatic N) is 1. The highest BCUT2D eigenvalue weighted by molar-refractivity contribution is 14.1. The van der Waals surface area contributed by atoms with Crippen molar-refractivity contribution in [3.05, 3.63) is 101 Å². The molecule has 1 aliphatic rings. The molecular formula is C30H27Br2IN4O5S. The first kappa shape index (κ1) is 32.9. The molecule has 4 rings (SSSR count). The second kappa shape index (κ2) is 15.6. The Morgan fingerprint density at radius 3 is 2.58 bits per heavy atom. The molecular weight excluding hydrogens is 815 g/mol. The molecule has 1 heterocycles. The maximum absolute atomic E-state index is 12.8. The number of carbonyl (C=O) groups excluding carboxylic acids is 2. The van der Waals surface area contributed by atoms with Gasteiger partial charge in [0.25, 0.3) is 5.91 Å². The van der Waals surface area contributed by atoms with Crippen molar-refractivity contribution in [3.63, 3.8) is 0 Å². The van der Waals surface area contributed by atoms with Gasteiger partial charge in [0.05, 0.1) is 28.0 Å². The van der Waals surface area contributed by atoms with E-state index in [0.29, 0.717) is 45.6 Å². The average Bonchev–Trinajstić information content (AvgIpc) is 2.96. The van der Waals surface area contributed by atoms with E-state index in [-0.39, 0.29) is 13.2 Å². The zero-order valence-corrected chi connectivity index (χ0v) is 29.2. The van der Waals surface area contributed by atoms with Crippen LogP contribution in [-0.2, 0) is 20.9 Å². The van der Waals surface area contributed by atoms with Crippen molar-refractivity contribution in [2.45, 2.75) is 26.5 Å². The van der Waals surface area contributed by atoms with Crippen LogP contribution in [0.1, 0.15) is 36.6 Å². The van der Waals surface area contributed by atoms with E-state index in [1.165, 1.54) is 6.21 Å². The lowest BCUT2D eigenvalue weighted by Crippen LogP contribution is -2.45. The summed E-state index contributed by atoms with van der Waals surface area (Å²) in [5.41, 5.74) is 5.78. The quantitative estimate of drug-likeness (QED) is 0.0682. The number of esters is 1. The van der Waals surface area contributed by atoms with Crippen LogP contribution in [0.5, 0.6) is 11.5 Å². The van der Waals surface area contributed by atoms with Crippen molar-refractivity contribution in [1.82, 2.24) is 16.1 Å². The van der Waals surface area contributed by atoms with Gasteiger partial charge in [0.2, 0.25) is 0 Å². The van der Waals surface area contributed by atoms with Crippen LogP contribution in [0.4, 0.5) is 0 Å². The van der Waals surface area contributed by atoms with Gasteiger partial charge in [-0.25, -0.2) is 10.2 Å². The van der Waals surface area contributed by atoms with Gasteiger partial charge >= 0.3 is 5.97 Å². The van der Waals surface area contributed by atoms with Crippen molar-refractivity contribution < 1.29 is 23.8 Å². The predicted molar refractivity (Wildman–Crippen MR) is 184 cm³/mol. The number of carbonyl (C=O) groups is 2. The minimum absolute atomic E-state index is 0.226. The standard InChI is InChI=1S/C30H27Br2IN4O5S/c1-3-40-29(39)26-17(2)35-30(43)36-27(26)22-6-4-5-7-24(22)41-16-25(38)37-34-14-19-12-21(32)13-23(33)28(19)42-15-18-8-10-20(31)11-9-18/h4-14,27H,3,15-16H2,1-2H3,(H,37,38)(H2,35,36,43)/t27-/m0/s1. The number of rotatable bonds is 11. The highest BCUT2D eigenvalue weighted by Crippen LogP contribution is 2.34. The molecule has 0 spiro atoms. The van der Waals surface area contributed by atoms with Crippen molar-refractivity contribution >= 4 is 89.9 Å². The summed E-state index contributed by atoms with van der Waals surface area (Å²) < 4.78 is 20.0. The molecule has 3 aromatic carbocycles. The van der Waals surface area contributed by atoms with Gasteiger partial charge in [-0.3, -0.25) is 4.79 Å². The number of amides is 1. The fourth-order valence-electron chi connectivity index (χ4n) is 4.17. The van der Waals surface area contributed by atoms with Crippen LogP contribution in [0.3, 0.4) is 0 Å². The number of ether oxygens (including phenoxy) is 3. The number of benzene rings is 3. The van der Waals surface area contributed by atoms with Crippen molar-refractivity contribution in [2.75, 3.05) is 13.2 Å². The molecule has 43 heavy (non-hydrogen) atoms. The molecule has 1 amide bonds. The lowest BCUT2D eigenvalue weighted by molar-refractivity contribution is -0.139. The Morgan fingerprint density at radius 2 is 1.84 bits per heavy atom. The molecule has 0 aromatic heterocycles. The molecule has 1 aliphatic heterocycles. The summed E-state index contributed by atoms with van der Waals surface area (Å²) in [5.74, 6) is 0.0997. The molecule has 0 bridgehead atoms. The second-order valence-electron chi connectivity index (χ2n) is 9.13. The maximum Gasteiger partial charge on any atom is 0.338 e. The Kier molecular flexibility index (Phi) is 12.0. The normalized spacial score (nSPS) is 14.6. The van der Waals surface area contributed by atoms with Gasteiger partial charge < -0.3 is 24.8 Å². The summed E-state index contributed by atoms with van der Waals surface area (Å²) in [4.78, 5) is 25.5. The summed E-state index contributed by atoms with van der Waals surface area (Å²) in [6.07, 6.45) is 1.52. The minimum atomic E-state index is -0.625. The predicted octanol–water partition coefficient (Wildman–Crippen LogP) is 6.28. The molecule has 224 valence electrons. The van der Waals surface area contributed by atoms with E-state index < -0.39 is 17.9 Å². The van der Waals surface area contributed by atoms with Crippen LogP contribution in [-0.4, -0.2) is 36.4 Å². The molecule has 0 fully saturated rings. The number of hydrogen-bond acceptors (Lipinski definition) is 7. The smallest absolute Gasteiger partial charge is 0.338 e. The Labute approximate surface area is 285 Å². The Bertz CT molecular complexity index is 1580. The zero-order valence-electron chi connectivity index (χ0n) is 23.1. The summed E-state index contributed by atoms with van der Waals surface area (Å²) in [7, 11) is 0. The van der Waals surface area contributed by atoms with Gasteiger partial charge in [-0.1, -0.05) is 62.2 Å². The molecule has 13 heteroatoms. The third-order valence-corrected chi connectivity index (χ3v) is 8.09. The Morgan fingerprint density at radius 1 is 1.09 bits per heavy atom. The molecule has 0 saturated heterocycles. The van der Waals surface area contributed by atoms with E-state index in [2.05, 4.69) is 75.6 Å². The van der Waals surface area contributed by atoms with E-state index in [9.17, 15) is 9.59 Å². The van der Waals surface area contributed by atoms with Gasteiger partial charge in [0, 0.05) is 25.8 Å². The largest absolute Gasteiger partial charge is 0.487 e. The summed E-state index contributed by atoms with van der Waals surface area (Å²) >= 11 is 14.5. The van der Waals surface area contributed by atoms with Gasteiger partial charge in [-0.2, -0.15) is 5.10 Å². The highest BCUT2D eigenvalue weighted by Gasteiger charge is 2.32. The lowest BCUT2D eigenvalue weighted by atomic mass is 9.95.